The van der Waals surface area contributed by atoms with Crippen molar-refractivity contribution < 1.29 is 23.0 Å². The number of hydrogen-bond donors (Lipinski definition) is 2. The first-order chi connectivity index (χ1) is 8.93. The molecule has 0 aliphatic heterocycles. The van der Waals surface area contributed by atoms with Crippen LogP contribution in [0.5, 0.6) is 0 Å². The molecule has 1 rings (SSSR count). The molecule has 2 N–H and O–H groups in total. The quantitative estimate of drug-likeness (QED) is 0.751. The molecule has 0 saturated carbocycles. The van der Waals surface area contributed by atoms with E-state index in [-0.39, 0.29) is 25.3 Å². The Hall–Kier alpha value is -1.46. The third-order valence-corrected chi connectivity index (χ3v) is 4.24. The highest BCUT2D eigenvalue weighted by Crippen LogP contribution is 2.19. The second kappa shape index (κ2) is 6.63. The lowest BCUT2D eigenvalue weighted by molar-refractivity contribution is 0.266. The largest absolute Gasteiger partial charge is 0.395 e. The van der Waals surface area contributed by atoms with Crippen molar-refractivity contribution in [3.05, 3.63) is 29.6 Å². The van der Waals surface area contributed by atoms with Crippen molar-refractivity contribution in [1.82, 2.24) is 4.31 Å². The van der Waals surface area contributed by atoms with Crippen molar-refractivity contribution in [1.29, 1.82) is 0 Å². The predicted octanol–water partition coefficient (Wildman–Crippen LogP) is -0.218. The van der Waals surface area contributed by atoms with E-state index < -0.39 is 20.7 Å². The second-order valence-electron chi connectivity index (χ2n) is 3.66. The number of aliphatic hydroxyl groups is 2. The van der Waals surface area contributed by atoms with Crippen LogP contribution < -0.4 is 0 Å². The molecule has 7 heteroatoms. The Morgan fingerprint density at radius 3 is 2.58 bits per heavy atom. The lowest BCUT2D eigenvalue weighted by Gasteiger charge is -2.16. The molecule has 0 atom stereocenters. The van der Waals surface area contributed by atoms with Crippen molar-refractivity contribution in [2.24, 2.45) is 0 Å². The average molecular weight is 287 g/mol. The van der Waals surface area contributed by atoms with Gasteiger partial charge in [-0.2, -0.15) is 4.31 Å². The summed E-state index contributed by atoms with van der Waals surface area (Å²) in [5, 5.41) is 17.2. The van der Waals surface area contributed by atoms with Gasteiger partial charge in [-0.1, -0.05) is 11.8 Å². The number of nitrogens with zero attached hydrogens (tertiary/aromatic N) is 1. The molecular weight excluding hydrogens is 273 g/mol. The molecule has 0 saturated heterocycles. The lowest BCUT2D eigenvalue weighted by Crippen LogP contribution is -2.30. The van der Waals surface area contributed by atoms with Crippen LogP contribution in [0.3, 0.4) is 0 Å². The summed E-state index contributed by atoms with van der Waals surface area (Å²) in [6, 6.07) is 3.45. The van der Waals surface area contributed by atoms with Crippen molar-refractivity contribution in [3.8, 4) is 11.8 Å². The van der Waals surface area contributed by atoms with E-state index in [4.69, 9.17) is 10.2 Å². The number of rotatable bonds is 4. The minimum absolute atomic E-state index is 0.117. The molecule has 0 aliphatic carbocycles. The van der Waals surface area contributed by atoms with Gasteiger partial charge in [0.1, 0.15) is 17.3 Å². The van der Waals surface area contributed by atoms with Gasteiger partial charge in [-0.25, -0.2) is 12.8 Å². The van der Waals surface area contributed by atoms with Gasteiger partial charge in [0, 0.05) is 19.2 Å². The predicted molar refractivity (Wildman–Crippen MR) is 67.3 cm³/mol. The normalized spacial score (nSPS) is 11.2. The van der Waals surface area contributed by atoms with Gasteiger partial charge in [0.05, 0.1) is 6.61 Å². The fourth-order valence-electron chi connectivity index (χ4n) is 1.36. The Labute approximate surface area is 111 Å². The van der Waals surface area contributed by atoms with E-state index in [0.29, 0.717) is 0 Å². The summed E-state index contributed by atoms with van der Waals surface area (Å²) in [6.45, 7) is -0.827. The third kappa shape index (κ3) is 3.75. The molecule has 0 heterocycles. The zero-order chi connectivity index (χ0) is 14.5. The summed E-state index contributed by atoms with van der Waals surface area (Å²) in [6.07, 6.45) is 0. The van der Waals surface area contributed by atoms with Crippen LogP contribution in [0, 0.1) is 17.7 Å². The molecule has 0 fully saturated rings. The van der Waals surface area contributed by atoms with Gasteiger partial charge >= 0.3 is 0 Å². The topological polar surface area (TPSA) is 77.8 Å². The maximum absolute atomic E-state index is 13.8. The molecule has 1 aromatic rings. The smallest absolute Gasteiger partial charge is 0.245 e. The van der Waals surface area contributed by atoms with Gasteiger partial charge in [0.25, 0.3) is 0 Å². The Bertz CT molecular complexity index is 604. The number of hydrogen-bond acceptors (Lipinski definition) is 4. The number of benzene rings is 1. The zero-order valence-corrected chi connectivity index (χ0v) is 11.1. The van der Waals surface area contributed by atoms with Gasteiger partial charge in [-0.05, 0) is 18.2 Å². The van der Waals surface area contributed by atoms with E-state index in [1.165, 1.54) is 13.1 Å². The first-order valence-electron chi connectivity index (χ1n) is 5.40. The Morgan fingerprint density at radius 2 is 2.05 bits per heavy atom. The van der Waals surface area contributed by atoms with Crippen LogP contribution in [0.25, 0.3) is 0 Å². The van der Waals surface area contributed by atoms with Gasteiger partial charge in [0.15, 0.2) is 0 Å². The Kier molecular flexibility index (Phi) is 5.44. The summed E-state index contributed by atoms with van der Waals surface area (Å²) in [5.41, 5.74) is 0.273. The molecule has 0 aliphatic rings. The first-order valence-corrected chi connectivity index (χ1v) is 6.84. The van der Waals surface area contributed by atoms with E-state index in [1.54, 1.807) is 0 Å². The maximum atomic E-state index is 13.8. The van der Waals surface area contributed by atoms with E-state index in [2.05, 4.69) is 11.8 Å². The molecule has 0 amide bonds. The van der Waals surface area contributed by atoms with Crippen molar-refractivity contribution in [2.45, 2.75) is 4.90 Å². The van der Waals surface area contributed by atoms with E-state index in [1.807, 2.05) is 0 Å². The van der Waals surface area contributed by atoms with Gasteiger partial charge in [0.2, 0.25) is 10.0 Å². The van der Waals surface area contributed by atoms with Gasteiger partial charge in [-0.15, -0.1) is 0 Å². The lowest BCUT2D eigenvalue weighted by atomic mass is 10.2. The first kappa shape index (κ1) is 15.6. The number of aliphatic hydroxyl groups excluding tert-OH is 2. The zero-order valence-electron chi connectivity index (χ0n) is 10.3. The standard InChI is InChI=1S/C12H14FNO4S/c1-14(6-8-16)19(17,18)12-5-4-10(3-2-7-15)9-11(12)13/h4-5,9,15-16H,6-8H2,1H3. The number of halogens is 1. The highest BCUT2D eigenvalue weighted by atomic mass is 32.2. The molecule has 5 nitrogen and oxygen atoms in total. The average Bonchev–Trinajstić information content (AvgIpc) is 2.36. The van der Waals surface area contributed by atoms with Crippen LogP contribution >= 0.6 is 0 Å². The minimum atomic E-state index is -3.97. The summed E-state index contributed by atoms with van der Waals surface area (Å²) < 4.78 is 38.6. The monoisotopic (exact) mass is 287 g/mol. The van der Waals surface area contributed by atoms with Crippen LogP contribution in [0.1, 0.15) is 5.56 Å². The summed E-state index contributed by atoms with van der Waals surface area (Å²) >= 11 is 0. The molecule has 1 aromatic carbocycles. The van der Waals surface area contributed by atoms with E-state index >= 15 is 0 Å². The fraction of sp³-hybridized carbons (Fsp3) is 0.333. The number of likely N-dealkylation sites (N-methyl/N-ethyl adjacent to an activating group) is 1. The summed E-state index contributed by atoms with van der Waals surface area (Å²) in [4.78, 5) is -0.474. The van der Waals surface area contributed by atoms with Crippen molar-refractivity contribution >= 4 is 10.0 Å². The van der Waals surface area contributed by atoms with Gasteiger partial charge in [-0.3, -0.25) is 0 Å². The highest BCUT2D eigenvalue weighted by Gasteiger charge is 2.23. The minimum Gasteiger partial charge on any atom is -0.395 e. The second-order valence-corrected chi connectivity index (χ2v) is 5.67. The van der Waals surface area contributed by atoms with Gasteiger partial charge < -0.3 is 10.2 Å². The molecule has 104 valence electrons. The van der Waals surface area contributed by atoms with Crippen molar-refractivity contribution in [2.75, 3.05) is 26.8 Å². The summed E-state index contributed by atoms with van der Waals surface area (Å²) in [5.74, 6) is 3.90. The molecule has 0 aromatic heterocycles. The van der Waals surface area contributed by atoms with Crippen LogP contribution in [0.2, 0.25) is 0 Å². The molecule has 0 unspecified atom stereocenters. The third-order valence-electron chi connectivity index (χ3n) is 2.35. The molecular formula is C12H14FNO4S. The molecule has 0 radical (unpaired) electrons. The highest BCUT2D eigenvalue weighted by molar-refractivity contribution is 7.89. The van der Waals surface area contributed by atoms with E-state index in [9.17, 15) is 12.8 Å². The van der Waals surface area contributed by atoms with Crippen LogP contribution in [0.15, 0.2) is 23.1 Å². The summed E-state index contributed by atoms with van der Waals surface area (Å²) in [7, 11) is -2.71. The maximum Gasteiger partial charge on any atom is 0.245 e. The van der Waals surface area contributed by atoms with Crippen molar-refractivity contribution in [3.63, 3.8) is 0 Å². The van der Waals surface area contributed by atoms with Crippen LogP contribution in [-0.2, 0) is 10.0 Å². The SMILES string of the molecule is CN(CCO)S(=O)(=O)c1ccc(C#CCO)cc1F. The Balaban J connectivity index is 3.16. The Morgan fingerprint density at radius 1 is 1.37 bits per heavy atom. The molecule has 0 bridgehead atoms. The van der Waals surface area contributed by atoms with Crippen LogP contribution in [-0.4, -0.2) is 49.7 Å². The fourth-order valence-corrected chi connectivity index (χ4v) is 2.56. The number of sulfonamides is 1. The van der Waals surface area contributed by atoms with E-state index in [0.717, 1.165) is 16.4 Å². The van der Waals surface area contributed by atoms with Crippen LogP contribution in [0.4, 0.5) is 4.39 Å². The molecule has 19 heavy (non-hydrogen) atoms. The molecule has 0 spiro atoms.